The van der Waals surface area contributed by atoms with E-state index in [4.69, 9.17) is 4.74 Å². The summed E-state index contributed by atoms with van der Waals surface area (Å²) in [5.41, 5.74) is -0.176. The lowest BCUT2D eigenvalue weighted by Crippen LogP contribution is -2.39. The van der Waals surface area contributed by atoms with Gasteiger partial charge in [0, 0.05) is 13.2 Å². The molecule has 1 saturated carbocycles. The lowest BCUT2D eigenvalue weighted by Gasteiger charge is -2.22. The Kier molecular flexibility index (Phi) is 4.05. The molecule has 1 aliphatic carbocycles. The van der Waals surface area contributed by atoms with Gasteiger partial charge in [-0.1, -0.05) is 20.3 Å². The summed E-state index contributed by atoms with van der Waals surface area (Å²) in [7, 11) is 0. The van der Waals surface area contributed by atoms with Crippen molar-refractivity contribution in [3.8, 4) is 0 Å². The number of carbonyl (C=O) groups excluding carboxylic acids is 1. The van der Waals surface area contributed by atoms with Crippen LogP contribution in [0, 0.1) is 0 Å². The van der Waals surface area contributed by atoms with Gasteiger partial charge in [-0.25, -0.2) is 0 Å². The molecular weight excluding hydrogens is 216 g/mol. The van der Waals surface area contributed by atoms with Gasteiger partial charge in [0.25, 0.3) is 0 Å². The second-order valence-corrected chi connectivity index (χ2v) is 5.11. The normalized spacial score (nSPS) is 25.9. The Morgan fingerprint density at radius 1 is 1.41 bits per heavy atom. The maximum absolute atomic E-state index is 12.2. The third-order valence-corrected chi connectivity index (χ3v) is 3.74. The second kappa shape index (κ2) is 5.36. The molecule has 0 aromatic heterocycles. The van der Waals surface area contributed by atoms with E-state index in [1.165, 1.54) is 0 Å². The third kappa shape index (κ3) is 2.63. The SMILES string of the molecule is CCCCOCCN1C(=O)C2(CC2)NC1CC. The van der Waals surface area contributed by atoms with Crippen molar-refractivity contribution >= 4 is 5.91 Å². The standard InChI is InChI=1S/C13H24N2O2/c1-3-5-9-17-10-8-15-11(4-2)14-13(6-7-13)12(15)16/h11,14H,3-10H2,1-2H3. The van der Waals surface area contributed by atoms with Crippen LogP contribution in [0.1, 0.15) is 46.0 Å². The molecule has 0 bridgehead atoms. The summed E-state index contributed by atoms with van der Waals surface area (Å²) in [4.78, 5) is 14.2. The molecule has 4 nitrogen and oxygen atoms in total. The van der Waals surface area contributed by atoms with Gasteiger partial charge in [0.1, 0.15) is 0 Å². The van der Waals surface area contributed by atoms with E-state index in [1.807, 2.05) is 4.90 Å². The molecule has 1 aliphatic heterocycles. The molecule has 1 atom stereocenters. The van der Waals surface area contributed by atoms with Crippen LogP contribution in [0.5, 0.6) is 0 Å². The van der Waals surface area contributed by atoms with Gasteiger partial charge in [-0.3, -0.25) is 10.1 Å². The molecule has 2 fully saturated rings. The molecule has 1 unspecified atom stereocenters. The van der Waals surface area contributed by atoms with E-state index in [2.05, 4.69) is 19.2 Å². The first kappa shape index (κ1) is 12.8. The molecule has 1 amide bonds. The summed E-state index contributed by atoms with van der Waals surface area (Å²) >= 11 is 0. The monoisotopic (exact) mass is 240 g/mol. The fraction of sp³-hybridized carbons (Fsp3) is 0.923. The van der Waals surface area contributed by atoms with Crippen LogP contribution in [0.3, 0.4) is 0 Å². The van der Waals surface area contributed by atoms with Crippen LogP contribution >= 0.6 is 0 Å². The first-order valence-electron chi connectivity index (χ1n) is 6.90. The number of carbonyl (C=O) groups is 1. The molecule has 1 heterocycles. The summed E-state index contributed by atoms with van der Waals surface area (Å²) in [5, 5.41) is 3.46. The first-order chi connectivity index (χ1) is 8.23. The zero-order chi connectivity index (χ0) is 12.3. The van der Waals surface area contributed by atoms with Crippen molar-refractivity contribution in [2.45, 2.75) is 57.7 Å². The lowest BCUT2D eigenvalue weighted by molar-refractivity contribution is -0.131. The fourth-order valence-corrected chi connectivity index (χ4v) is 2.45. The number of nitrogens with one attached hydrogen (secondary N) is 1. The van der Waals surface area contributed by atoms with Crippen molar-refractivity contribution < 1.29 is 9.53 Å². The molecule has 17 heavy (non-hydrogen) atoms. The smallest absolute Gasteiger partial charge is 0.244 e. The van der Waals surface area contributed by atoms with E-state index in [9.17, 15) is 4.79 Å². The molecule has 1 spiro atoms. The topological polar surface area (TPSA) is 41.6 Å². The average molecular weight is 240 g/mol. The maximum atomic E-state index is 12.2. The Morgan fingerprint density at radius 2 is 2.18 bits per heavy atom. The molecule has 1 N–H and O–H groups in total. The number of unbranched alkanes of at least 4 members (excludes halogenated alkanes) is 1. The number of amides is 1. The van der Waals surface area contributed by atoms with Crippen LogP contribution in [0.15, 0.2) is 0 Å². The number of nitrogens with zero attached hydrogens (tertiary/aromatic N) is 1. The van der Waals surface area contributed by atoms with Crippen molar-refractivity contribution in [3.05, 3.63) is 0 Å². The highest BCUT2D eigenvalue weighted by Gasteiger charge is 2.58. The van der Waals surface area contributed by atoms with Crippen molar-refractivity contribution in [1.29, 1.82) is 0 Å². The minimum Gasteiger partial charge on any atom is -0.380 e. The highest BCUT2D eigenvalue weighted by molar-refractivity contribution is 5.91. The lowest BCUT2D eigenvalue weighted by atomic mass is 10.3. The molecule has 1 saturated heterocycles. The molecule has 2 rings (SSSR count). The van der Waals surface area contributed by atoms with Crippen molar-refractivity contribution in [1.82, 2.24) is 10.2 Å². The fourth-order valence-electron chi connectivity index (χ4n) is 2.45. The Bertz CT molecular complexity index is 277. The van der Waals surface area contributed by atoms with Crippen molar-refractivity contribution in [3.63, 3.8) is 0 Å². The van der Waals surface area contributed by atoms with E-state index in [0.29, 0.717) is 12.5 Å². The molecule has 0 radical (unpaired) electrons. The first-order valence-corrected chi connectivity index (χ1v) is 6.90. The van der Waals surface area contributed by atoms with Crippen LogP contribution in [0.25, 0.3) is 0 Å². The second-order valence-electron chi connectivity index (χ2n) is 5.11. The Labute approximate surface area is 104 Å². The Morgan fingerprint density at radius 3 is 2.76 bits per heavy atom. The van der Waals surface area contributed by atoms with Gasteiger partial charge in [0.05, 0.1) is 18.3 Å². The summed E-state index contributed by atoms with van der Waals surface area (Å²) in [6.45, 7) is 6.49. The molecular formula is C13H24N2O2. The molecule has 0 aromatic carbocycles. The minimum absolute atomic E-state index is 0.176. The van der Waals surface area contributed by atoms with Crippen LogP contribution < -0.4 is 5.32 Å². The molecule has 98 valence electrons. The van der Waals surface area contributed by atoms with Gasteiger partial charge in [-0.2, -0.15) is 0 Å². The van der Waals surface area contributed by atoms with Gasteiger partial charge in [0.15, 0.2) is 0 Å². The van der Waals surface area contributed by atoms with Gasteiger partial charge in [0.2, 0.25) is 5.91 Å². The van der Waals surface area contributed by atoms with Crippen LogP contribution in [0.2, 0.25) is 0 Å². The van der Waals surface area contributed by atoms with Gasteiger partial charge in [-0.05, 0) is 25.7 Å². The van der Waals surface area contributed by atoms with E-state index in [1.54, 1.807) is 0 Å². The van der Waals surface area contributed by atoms with E-state index >= 15 is 0 Å². The largest absolute Gasteiger partial charge is 0.380 e. The van der Waals surface area contributed by atoms with Gasteiger partial charge < -0.3 is 9.64 Å². The minimum atomic E-state index is -0.176. The zero-order valence-electron chi connectivity index (χ0n) is 11.0. The highest BCUT2D eigenvalue weighted by Crippen LogP contribution is 2.42. The number of rotatable bonds is 7. The Hall–Kier alpha value is -0.610. The van der Waals surface area contributed by atoms with E-state index in [-0.39, 0.29) is 11.7 Å². The highest BCUT2D eigenvalue weighted by atomic mass is 16.5. The van der Waals surface area contributed by atoms with Gasteiger partial charge in [-0.15, -0.1) is 0 Å². The maximum Gasteiger partial charge on any atom is 0.244 e. The van der Waals surface area contributed by atoms with E-state index < -0.39 is 0 Å². The summed E-state index contributed by atoms with van der Waals surface area (Å²) in [6.07, 6.45) is 5.48. The third-order valence-electron chi connectivity index (χ3n) is 3.74. The number of hydrogen-bond acceptors (Lipinski definition) is 3. The predicted octanol–water partition coefficient (Wildman–Crippen LogP) is 1.50. The summed E-state index contributed by atoms with van der Waals surface area (Å²) < 4.78 is 5.54. The van der Waals surface area contributed by atoms with Crippen LogP contribution in [-0.2, 0) is 9.53 Å². The number of ether oxygens (including phenoxy) is 1. The van der Waals surface area contributed by atoms with Crippen molar-refractivity contribution in [2.75, 3.05) is 19.8 Å². The summed E-state index contributed by atoms with van der Waals surface area (Å²) in [5.74, 6) is 0.295. The van der Waals surface area contributed by atoms with E-state index in [0.717, 1.165) is 45.3 Å². The van der Waals surface area contributed by atoms with Crippen LogP contribution in [-0.4, -0.2) is 42.3 Å². The van der Waals surface area contributed by atoms with Crippen LogP contribution in [0.4, 0.5) is 0 Å². The molecule has 0 aromatic rings. The zero-order valence-corrected chi connectivity index (χ0v) is 11.0. The molecule has 2 aliphatic rings. The molecule has 4 heteroatoms. The van der Waals surface area contributed by atoms with Gasteiger partial charge >= 0.3 is 0 Å². The Balaban J connectivity index is 1.76. The van der Waals surface area contributed by atoms with Crippen molar-refractivity contribution in [2.24, 2.45) is 0 Å². The average Bonchev–Trinajstić information content (AvgIpc) is 3.06. The predicted molar refractivity (Wildman–Crippen MR) is 66.6 cm³/mol. The number of hydrogen-bond donors (Lipinski definition) is 1. The summed E-state index contributed by atoms with van der Waals surface area (Å²) in [6, 6.07) is 0. The quantitative estimate of drug-likeness (QED) is 0.686.